The molecule has 17 heteroatoms. The number of ether oxygens (including phenoxy) is 6. The number of aliphatic hydroxyl groups excluding tert-OH is 10. The first-order valence-corrected chi connectivity index (χ1v) is 23.1. The Morgan fingerprint density at radius 2 is 1.37 bits per heavy atom. The van der Waals surface area contributed by atoms with Gasteiger partial charge in [-0.25, -0.2) is 0 Å². The number of hydrogen-bond acceptors (Lipinski definition) is 17. The molecule has 358 valence electrons. The van der Waals surface area contributed by atoms with Crippen molar-refractivity contribution in [2.75, 3.05) is 19.8 Å². The van der Waals surface area contributed by atoms with Crippen LogP contribution in [0.2, 0.25) is 0 Å². The molecule has 0 aromatic heterocycles. The molecule has 22 atom stereocenters. The molecule has 3 saturated heterocycles. The minimum Gasteiger partial charge on any atom is -0.432 e. The van der Waals surface area contributed by atoms with Gasteiger partial charge in [-0.05, 0) is 97.7 Å². The average Bonchev–Trinajstić information content (AvgIpc) is 3.24. The van der Waals surface area contributed by atoms with E-state index in [1.54, 1.807) is 0 Å². The molecule has 5 aliphatic carbocycles. The largest absolute Gasteiger partial charge is 0.432 e. The quantitative estimate of drug-likeness (QED) is 0.0892. The van der Waals surface area contributed by atoms with Gasteiger partial charge in [-0.3, -0.25) is 4.79 Å². The van der Waals surface area contributed by atoms with E-state index < -0.39 is 111 Å². The smallest absolute Gasteiger partial charge is 0.315 e. The Morgan fingerprint density at radius 1 is 0.730 bits per heavy atom. The van der Waals surface area contributed by atoms with E-state index in [0.29, 0.717) is 38.0 Å². The Hall–Kier alpha value is -1.65. The van der Waals surface area contributed by atoms with Crippen molar-refractivity contribution in [2.24, 2.45) is 44.8 Å². The summed E-state index contributed by atoms with van der Waals surface area (Å²) in [5.41, 5.74) is 0.530. The normalized spacial score (nSPS) is 53.3. The maximum absolute atomic E-state index is 14.5. The van der Waals surface area contributed by atoms with Crippen LogP contribution in [0, 0.1) is 44.8 Å². The number of hydrogen-bond donors (Lipinski definition) is 10. The zero-order valence-electron chi connectivity index (χ0n) is 37.2. The lowest BCUT2D eigenvalue weighted by atomic mass is 9.34. The van der Waals surface area contributed by atoms with E-state index in [0.717, 1.165) is 37.7 Å². The van der Waals surface area contributed by atoms with Crippen LogP contribution in [0.25, 0.3) is 0 Å². The maximum atomic E-state index is 14.5. The molecule has 3 heterocycles. The third kappa shape index (κ3) is 7.43. The highest BCUT2D eigenvalue weighted by Crippen LogP contribution is 2.75. The Kier molecular flexibility index (Phi) is 13.0. The molecule has 0 aromatic carbocycles. The van der Waals surface area contributed by atoms with Gasteiger partial charge in [0.15, 0.2) is 12.6 Å². The van der Waals surface area contributed by atoms with Crippen LogP contribution >= 0.6 is 0 Å². The molecule has 0 aromatic rings. The van der Waals surface area contributed by atoms with Crippen LogP contribution < -0.4 is 0 Å². The van der Waals surface area contributed by atoms with Crippen molar-refractivity contribution in [3.63, 3.8) is 0 Å². The maximum Gasteiger partial charge on any atom is 0.315 e. The summed E-state index contributed by atoms with van der Waals surface area (Å²) in [5, 5.41) is 104. The van der Waals surface area contributed by atoms with Gasteiger partial charge in [0.1, 0.15) is 67.1 Å². The van der Waals surface area contributed by atoms with Gasteiger partial charge in [0.25, 0.3) is 0 Å². The Morgan fingerprint density at radius 3 is 2.02 bits per heavy atom. The van der Waals surface area contributed by atoms with Gasteiger partial charge in [0.05, 0.1) is 31.3 Å². The second kappa shape index (κ2) is 17.1. The molecule has 7 fully saturated rings. The molecule has 3 aliphatic heterocycles. The van der Waals surface area contributed by atoms with Crippen molar-refractivity contribution in [1.29, 1.82) is 0 Å². The molecule has 0 unspecified atom stereocenters. The summed E-state index contributed by atoms with van der Waals surface area (Å²) in [6.07, 6.45) is -11.5. The molecule has 0 spiro atoms. The minimum absolute atomic E-state index is 0.106. The Balaban J connectivity index is 0.996. The zero-order chi connectivity index (χ0) is 45.8. The Bertz CT molecular complexity index is 1740. The zero-order valence-corrected chi connectivity index (χ0v) is 37.2. The molecule has 4 saturated carbocycles. The molecule has 63 heavy (non-hydrogen) atoms. The van der Waals surface area contributed by atoms with E-state index in [2.05, 4.69) is 47.3 Å². The number of fused-ring (bicyclic) bond motifs is 7. The lowest BCUT2D eigenvalue weighted by Gasteiger charge is -2.71. The van der Waals surface area contributed by atoms with Crippen LogP contribution in [0.5, 0.6) is 0 Å². The summed E-state index contributed by atoms with van der Waals surface area (Å²) in [7, 11) is 0. The number of carbonyl (C=O) groups is 1. The minimum atomic E-state index is -1.72. The first-order valence-electron chi connectivity index (χ1n) is 23.1. The molecular formula is C46H72O17. The van der Waals surface area contributed by atoms with Gasteiger partial charge >= 0.3 is 5.97 Å². The fraction of sp³-hybridized carbons (Fsp3) is 0.891. The van der Waals surface area contributed by atoms with E-state index in [4.69, 9.17) is 28.4 Å². The van der Waals surface area contributed by atoms with E-state index in [-0.39, 0.29) is 46.2 Å². The van der Waals surface area contributed by atoms with Crippen LogP contribution in [0.3, 0.4) is 0 Å². The molecule has 10 N–H and O–H groups in total. The molecule has 8 aliphatic rings. The molecule has 0 amide bonds. The highest BCUT2D eigenvalue weighted by atomic mass is 16.7. The monoisotopic (exact) mass is 896 g/mol. The van der Waals surface area contributed by atoms with Crippen LogP contribution in [-0.2, 0) is 33.2 Å². The van der Waals surface area contributed by atoms with Gasteiger partial charge in [-0.2, -0.15) is 0 Å². The number of carbonyl (C=O) groups excluding carboxylic acids is 1. The third-order valence-corrected chi connectivity index (χ3v) is 18.3. The summed E-state index contributed by atoms with van der Waals surface area (Å²) in [6, 6.07) is 0. The number of rotatable bonds is 8. The standard InChI is InChI=1S/C46H72O17/c1-21-9-14-46(41(57)63-40-35(55)33(53)31(51)26(19-48)60-40)16-15-44(5)22(23(46)17-21)7-8-28-43(4)12-11-29(42(2,3)27(43)10-13-45(28,44)6)61-38-36(56)37(24(49)20-58-38)62-39-34(54)32(52)30(50)25(18-47)59-39/h7,23-40,47-56H,1,8-20H2,2-6H3/t23-,24+,25+,26+,27-,28+,29-,30+,31-,32-,33-,34+,35+,36+,37-,38-,39-,40-,43-,44+,45+,46-/m0/s1. The summed E-state index contributed by atoms with van der Waals surface area (Å²) < 4.78 is 35.4. The van der Waals surface area contributed by atoms with Crippen molar-refractivity contribution in [2.45, 2.75) is 191 Å². The predicted molar refractivity (Wildman–Crippen MR) is 220 cm³/mol. The van der Waals surface area contributed by atoms with Crippen LogP contribution in [0.15, 0.2) is 23.8 Å². The SMILES string of the molecule is C=C1CC[C@]2(C(=O)O[C@@H]3O[C@H](CO)[C@H](O)[C@H](O)[C@H]3O)CC[C@]3(C)C(=CC[C@@H]4[C@@]5(C)CC[C@H](O[C@@H]6OC[C@@H](O)[C@H](O[C@@H]7O[C@H](CO)[C@@H](O)[C@H](O)[C@H]7O)[C@H]6O)C(C)(C)[C@@H]5CC[C@]43C)[C@@H]2C1. The van der Waals surface area contributed by atoms with Crippen LogP contribution in [0.1, 0.15) is 98.8 Å². The molecule has 8 rings (SSSR count). The van der Waals surface area contributed by atoms with Gasteiger partial charge in [-0.1, -0.05) is 58.4 Å². The highest BCUT2D eigenvalue weighted by Gasteiger charge is 2.69. The lowest BCUT2D eigenvalue weighted by molar-refractivity contribution is -0.357. The van der Waals surface area contributed by atoms with Gasteiger partial charge in [0, 0.05) is 5.92 Å². The molecule has 0 radical (unpaired) electrons. The van der Waals surface area contributed by atoms with Gasteiger partial charge in [0.2, 0.25) is 6.29 Å². The van der Waals surface area contributed by atoms with Gasteiger partial charge < -0.3 is 79.5 Å². The molecule has 0 bridgehead atoms. The lowest BCUT2D eigenvalue weighted by Crippen LogP contribution is -2.66. The number of aliphatic hydroxyl groups is 10. The third-order valence-electron chi connectivity index (χ3n) is 18.3. The van der Waals surface area contributed by atoms with Crippen LogP contribution in [0.4, 0.5) is 0 Å². The van der Waals surface area contributed by atoms with Crippen molar-refractivity contribution >= 4 is 5.97 Å². The molecular weight excluding hydrogens is 824 g/mol. The van der Waals surface area contributed by atoms with Crippen molar-refractivity contribution in [1.82, 2.24) is 0 Å². The summed E-state index contributed by atoms with van der Waals surface area (Å²) >= 11 is 0. The molecule has 17 nitrogen and oxygen atoms in total. The van der Waals surface area contributed by atoms with Crippen molar-refractivity contribution in [3.8, 4) is 0 Å². The predicted octanol–water partition coefficient (Wildman–Crippen LogP) is 0.310. The van der Waals surface area contributed by atoms with Crippen LogP contribution in [-0.4, -0.2) is 169 Å². The highest BCUT2D eigenvalue weighted by molar-refractivity contribution is 5.79. The Labute approximate surface area is 369 Å². The summed E-state index contributed by atoms with van der Waals surface area (Å²) in [6.45, 7) is 14.5. The first kappa shape index (κ1) is 47.8. The fourth-order valence-corrected chi connectivity index (χ4v) is 14.3. The fourth-order valence-electron chi connectivity index (χ4n) is 14.3. The second-order valence-electron chi connectivity index (χ2n) is 21.6. The van der Waals surface area contributed by atoms with E-state index >= 15 is 0 Å². The summed E-state index contributed by atoms with van der Waals surface area (Å²) in [5.74, 6) is -0.184. The number of allylic oxidation sites excluding steroid dienone is 3. The number of esters is 1. The van der Waals surface area contributed by atoms with E-state index in [1.807, 2.05) is 0 Å². The summed E-state index contributed by atoms with van der Waals surface area (Å²) in [4.78, 5) is 14.5. The first-order chi connectivity index (χ1) is 29.6. The van der Waals surface area contributed by atoms with Crippen molar-refractivity contribution in [3.05, 3.63) is 23.8 Å². The topological polar surface area (TPSA) is 275 Å². The van der Waals surface area contributed by atoms with E-state index in [9.17, 15) is 55.9 Å². The van der Waals surface area contributed by atoms with Crippen molar-refractivity contribution < 1.29 is 84.3 Å². The average molecular weight is 897 g/mol. The van der Waals surface area contributed by atoms with Gasteiger partial charge in [-0.15, -0.1) is 0 Å². The van der Waals surface area contributed by atoms with E-state index in [1.165, 1.54) is 5.57 Å². The second-order valence-corrected chi connectivity index (χ2v) is 21.6.